The number of hydrogen-bond donors (Lipinski definition) is 1. The molecule has 3 heterocycles. The van der Waals surface area contributed by atoms with Gasteiger partial charge in [0.25, 0.3) is 0 Å². The van der Waals surface area contributed by atoms with E-state index in [1.54, 1.807) is 0 Å². The molecule has 1 atom stereocenters. The van der Waals surface area contributed by atoms with E-state index in [1.165, 1.54) is 11.1 Å². The number of likely N-dealkylation sites (tertiary alicyclic amines) is 1. The van der Waals surface area contributed by atoms with Crippen molar-refractivity contribution >= 4 is 11.6 Å². The number of aliphatic hydroxyl groups is 1. The number of carbonyl (C=O) groups is 1. The molecule has 5 nitrogen and oxygen atoms in total. The Kier molecular flexibility index (Phi) is 5.91. The van der Waals surface area contributed by atoms with Gasteiger partial charge in [0.05, 0.1) is 17.8 Å². The largest absolute Gasteiger partial charge is 0.396 e. The molecule has 2 aromatic heterocycles. The fourth-order valence-electron chi connectivity index (χ4n) is 4.51. The lowest BCUT2D eigenvalue weighted by Crippen LogP contribution is -2.45. The van der Waals surface area contributed by atoms with Crippen LogP contribution in [0.1, 0.15) is 48.1 Å². The Morgan fingerprint density at radius 1 is 1.13 bits per heavy atom. The highest BCUT2D eigenvalue weighted by Crippen LogP contribution is 2.28. The lowest BCUT2D eigenvalue weighted by atomic mass is 9.98. The van der Waals surface area contributed by atoms with Gasteiger partial charge in [0, 0.05) is 31.0 Å². The van der Waals surface area contributed by atoms with E-state index in [4.69, 9.17) is 4.98 Å². The van der Waals surface area contributed by atoms with Crippen LogP contribution in [0.25, 0.3) is 16.9 Å². The van der Waals surface area contributed by atoms with Crippen LogP contribution < -0.4 is 0 Å². The highest BCUT2D eigenvalue weighted by molar-refractivity contribution is 5.82. The zero-order valence-corrected chi connectivity index (χ0v) is 18.2. The van der Waals surface area contributed by atoms with Gasteiger partial charge in [0.15, 0.2) is 0 Å². The molecule has 1 aliphatic heterocycles. The van der Waals surface area contributed by atoms with Crippen molar-refractivity contribution in [2.45, 2.75) is 58.9 Å². The zero-order chi connectivity index (χ0) is 21.3. The molecule has 1 saturated heterocycles. The number of pyridine rings is 1. The fraction of sp³-hybridized carbons (Fsp3) is 0.440. The van der Waals surface area contributed by atoms with Gasteiger partial charge in [-0.1, -0.05) is 12.1 Å². The van der Waals surface area contributed by atoms with Crippen LogP contribution in [0.15, 0.2) is 36.5 Å². The fourth-order valence-corrected chi connectivity index (χ4v) is 4.51. The predicted molar refractivity (Wildman–Crippen MR) is 120 cm³/mol. The number of nitrogens with zero attached hydrogens (tertiary/aromatic N) is 3. The summed E-state index contributed by atoms with van der Waals surface area (Å²) in [7, 11) is 0. The van der Waals surface area contributed by atoms with Gasteiger partial charge in [-0.2, -0.15) is 0 Å². The zero-order valence-electron chi connectivity index (χ0n) is 18.2. The second kappa shape index (κ2) is 8.60. The molecule has 1 amide bonds. The van der Waals surface area contributed by atoms with Crippen LogP contribution in [0.5, 0.6) is 0 Å². The quantitative estimate of drug-likeness (QED) is 0.691. The third-order valence-corrected chi connectivity index (χ3v) is 6.39. The third kappa shape index (κ3) is 3.99. The van der Waals surface area contributed by atoms with Gasteiger partial charge < -0.3 is 14.4 Å². The van der Waals surface area contributed by atoms with Crippen LogP contribution in [0, 0.1) is 20.8 Å². The molecule has 0 saturated carbocycles. The van der Waals surface area contributed by atoms with Crippen LogP contribution in [0.3, 0.4) is 0 Å². The third-order valence-electron chi connectivity index (χ3n) is 6.39. The van der Waals surface area contributed by atoms with E-state index in [0.717, 1.165) is 54.0 Å². The standard InChI is InChI=1S/C25H31N3O2/c1-17-9-12-28-22(16-24(30)27-11-5-4-6-21(27)10-13-29)25(26-23(28)14-17)20-8-7-18(2)19(3)15-20/h7-9,12,14-15,21,29H,4-6,10-11,13,16H2,1-3H3. The molecule has 1 fully saturated rings. The van der Waals surface area contributed by atoms with E-state index in [1.807, 2.05) is 11.1 Å². The molecule has 1 unspecified atom stereocenters. The van der Waals surface area contributed by atoms with E-state index in [0.29, 0.717) is 12.8 Å². The van der Waals surface area contributed by atoms with E-state index < -0.39 is 0 Å². The van der Waals surface area contributed by atoms with Gasteiger partial charge in [-0.25, -0.2) is 4.98 Å². The van der Waals surface area contributed by atoms with Crippen LogP contribution in [-0.4, -0.2) is 44.5 Å². The van der Waals surface area contributed by atoms with Crippen LogP contribution in [0.2, 0.25) is 0 Å². The normalized spacial score (nSPS) is 16.9. The Morgan fingerprint density at radius 2 is 1.97 bits per heavy atom. The highest BCUT2D eigenvalue weighted by atomic mass is 16.3. The van der Waals surface area contributed by atoms with E-state index >= 15 is 0 Å². The average molecular weight is 406 g/mol. The minimum atomic E-state index is 0.122. The van der Waals surface area contributed by atoms with E-state index in [9.17, 15) is 9.90 Å². The number of carbonyl (C=O) groups excluding carboxylic acids is 1. The minimum absolute atomic E-state index is 0.122. The second-order valence-corrected chi connectivity index (χ2v) is 8.56. The maximum atomic E-state index is 13.4. The Bertz CT molecular complexity index is 1070. The molecular formula is C25H31N3O2. The number of aromatic nitrogens is 2. The summed E-state index contributed by atoms with van der Waals surface area (Å²) in [5, 5.41) is 9.43. The number of rotatable bonds is 5. The summed E-state index contributed by atoms with van der Waals surface area (Å²) < 4.78 is 2.06. The maximum Gasteiger partial charge on any atom is 0.228 e. The second-order valence-electron chi connectivity index (χ2n) is 8.56. The summed E-state index contributed by atoms with van der Waals surface area (Å²) in [5.74, 6) is 0.126. The number of imidazole rings is 1. The lowest BCUT2D eigenvalue weighted by molar-refractivity contribution is -0.134. The smallest absolute Gasteiger partial charge is 0.228 e. The molecule has 0 radical (unpaired) electrons. The molecule has 1 aromatic carbocycles. The number of aryl methyl sites for hydroxylation is 3. The first-order chi connectivity index (χ1) is 14.5. The molecule has 1 N–H and O–H groups in total. The molecule has 5 heteroatoms. The first kappa shape index (κ1) is 20.6. The Labute approximate surface area is 178 Å². The maximum absolute atomic E-state index is 13.4. The monoisotopic (exact) mass is 405 g/mol. The molecule has 0 aliphatic carbocycles. The molecule has 3 aromatic rings. The summed E-state index contributed by atoms with van der Waals surface area (Å²) in [6.07, 6.45) is 6.12. The van der Waals surface area contributed by atoms with Crippen molar-refractivity contribution in [2.75, 3.05) is 13.2 Å². The van der Waals surface area contributed by atoms with Crippen molar-refractivity contribution in [1.82, 2.24) is 14.3 Å². The Balaban J connectivity index is 1.75. The van der Waals surface area contributed by atoms with Crippen molar-refractivity contribution in [3.8, 4) is 11.3 Å². The summed E-state index contributed by atoms with van der Waals surface area (Å²) in [6.45, 7) is 7.17. The summed E-state index contributed by atoms with van der Waals surface area (Å²) in [4.78, 5) is 20.3. The first-order valence-electron chi connectivity index (χ1n) is 10.9. The predicted octanol–water partition coefficient (Wildman–Crippen LogP) is 4.23. The van der Waals surface area contributed by atoms with Crippen molar-refractivity contribution in [3.05, 3.63) is 58.9 Å². The Hall–Kier alpha value is -2.66. The summed E-state index contributed by atoms with van der Waals surface area (Å²) in [5.41, 5.74) is 7.35. The number of aliphatic hydroxyl groups excluding tert-OH is 1. The topological polar surface area (TPSA) is 57.8 Å². The summed E-state index contributed by atoms with van der Waals surface area (Å²) in [6, 6.07) is 10.6. The van der Waals surface area contributed by atoms with Gasteiger partial charge >= 0.3 is 0 Å². The SMILES string of the molecule is Cc1ccn2c(CC(=O)N3CCCCC3CCO)c(-c3ccc(C)c(C)c3)nc2c1. The number of fused-ring (bicyclic) bond motifs is 1. The highest BCUT2D eigenvalue weighted by Gasteiger charge is 2.28. The van der Waals surface area contributed by atoms with Gasteiger partial charge in [0.1, 0.15) is 5.65 Å². The molecule has 158 valence electrons. The van der Waals surface area contributed by atoms with Gasteiger partial charge in [0.2, 0.25) is 5.91 Å². The summed E-state index contributed by atoms with van der Waals surface area (Å²) >= 11 is 0. The average Bonchev–Trinajstić information content (AvgIpc) is 3.08. The van der Waals surface area contributed by atoms with Crippen LogP contribution in [-0.2, 0) is 11.2 Å². The van der Waals surface area contributed by atoms with Crippen molar-refractivity contribution in [1.29, 1.82) is 0 Å². The van der Waals surface area contributed by atoms with E-state index in [-0.39, 0.29) is 18.6 Å². The molecule has 4 rings (SSSR count). The van der Waals surface area contributed by atoms with Crippen molar-refractivity contribution in [3.63, 3.8) is 0 Å². The molecule has 1 aliphatic rings. The number of amides is 1. The van der Waals surface area contributed by atoms with Gasteiger partial charge in [-0.15, -0.1) is 0 Å². The number of hydrogen-bond acceptors (Lipinski definition) is 3. The molecule has 30 heavy (non-hydrogen) atoms. The van der Waals surface area contributed by atoms with Crippen LogP contribution >= 0.6 is 0 Å². The lowest BCUT2D eigenvalue weighted by Gasteiger charge is -2.35. The van der Waals surface area contributed by atoms with Gasteiger partial charge in [-0.05, 0) is 81.3 Å². The number of benzene rings is 1. The molecular weight excluding hydrogens is 374 g/mol. The molecule has 0 spiro atoms. The Morgan fingerprint density at radius 3 is 2.73 bits per heavy atom. The van der Waals surface area contributed by atoms with Crippen LogP contribution in [0.4, 0.5) is 0 Å². The van der Waals surface area contributed by atoms with Gasteiger partial charge in [-0.3, -0.25) is 4.79 Å². The minimum Gasteiger partial charge on any atom is -0.396 e. The van der Waals surface area contributed by atoms with Crippen molar-refractivity contribution < 1.29 is 9.90 Å². The first-order valence-corrected chi connectivity index (χ1v) is 10.9. The number of piperidine rings is 1. The van der Waals surface area contributed by atoms with Crippen molar-refractivity contribution in [2.24, 2.45) is 0 Å². The van der Waals surface area contributed by atoms with E-state index in [2.05, 4.69) is 55.5 Å². The molecule has 0 bridgehead atoms.